The first kappa shape index (κ1) is 20.3. The van der Waals surface area contributed by atoms with Crippen LogP contribution in [0.15, 0.2) is 17.7 Å². The molecule has 7 nitrogen and oxygen atoms in total. The molecule has 1 aromatic rings. The van der Waals surface area contributed by atoms with Gasteiger partial charge in [0.05, 0.1) is 11.6 Å². The summed E-state index contributed by atoms with van der Waals surface area (Å²) in [4.78, 5) is 24.7. The summed E-state index contributed by atoms with van der Waals surface area (Å²) in [6, 6.07) is 4.94. The second-order valence-corrected chi connectivity index (χ2v) is 5.50. The molecule has 0 heterocycles. The van der Waals surface area contributed by atoms with E-state index in [0.717, 1.165) is 0 Å². The van der Waals surface area contributed by atoms with Crippen LogP contribution in [0, 0.1) is 11.3 Å². The van der Waals surface area contributed by atoms with Crippen molar-refractivity contribution in [1.82, 2.24) is 10.2 Å². The summed E-state index contributed by atoms with van der Waals surface area (Å²) in [5, 5.41) is 11.7. The number of benzene rings is 1. The van der Waals surface area contributed by atoms with E-state index in [9.17, 15) is 9.59 Å². The van der Waals surface area contributed by atoms with Crippen molar-refractivity contribution in [2.24, 2.45) is 0 Å². The van der Waals surface area contributed by atoms with Crippen molar-refractivity contribution in [3.8, 4) is 17.6 Å². The summed E-state index contributed by atoms with van der Waals surface area (Å²) in [6.07, 6.45) is 1.39. The molecule has 1 rings (SSSR count). The average molecular weight is 366 g/mol. The van der Waals surface area contributed by atoms with Crippen molar-refractivity contribution in [1.29, 1.82) is 5.26 Å². The van der Waals surface area contributed by atoms with Gasteiger partial charge in [-0.1, -0.05) is 11.6 Å². The molecule has 0 spiro atoms. The van der Waals surface area contributed by atoms with Gasteiger partial charge in [0.25, 0.3) is 11.8 Å². The van der Waals surface area contributed by atoms with E-state index in [0.29, 0.717) is 17.9 Å². The van der Waals surface area contributed by atoms with Crippen LogP contribution in [0.3, 0.4) is 0 Å². The first-order chi connectivity index (χ1) is 11.8. The van der Waals surface area contributed by atoms with Gasteiger partial charge >= 0.3 is 0 Å². The lowest BCUT2D eigenvalue weighted by Crippen LogP contribution is -2.27. The van der Waals surface area contributed by atoms with Gasteiger partial charge in [-0.25, -0.2) is 0 Å². The summed E-state index contributed by atoms with van der Waals surface area (Å²) >= 11 is 6.23. The Labute approximate surface area is 151 Å². The molecule has 0 bridgehead atoms. The first-order valence-electron chi connectivity index (χ1n) is 7.47. The summed E-state index contributed by atoms with van der Waals surface area (Å²) < 4.78 is 11.0. The molecule has 0 radical (unpaired) electrons. The Bertz CT molecular complexity index is 723. The number of nitriles is 1. The summed E-state index contributed by atoms with van der Waals surface area (Å²) in [5.74, 6) is -0.182. The van der Waals surface area contributed by atoms with Crippen LogP contribution in [0.4, 0.5) is 0 Å². The first-order valence-corrected chi connectivity index (χ1v) is 7.85. The van der Waals surface area contributed by atoms with Crippen LogP contribution in [0.2, 0.25) is 5.02 Å². The number of nitrogens with zero attached hydrogens (tertiary/aromatic N) is 2. The number of likely N-dealkylation sites (N-methyl/N-ethyl adjacent to an activating group) is 2. The molecule has 1 N–H and O–H groups in total. The largest absolute Gasteiger partial charge is 0.490 e. The van der Waals surface area contributed by atoms with E-state index in [-0.39, 0.29) is 28.9 Å². The standard InChI is InChI=1S/C17H20ClN3O4/c1-5-24-14-8-11(6-12(9-19)17(23)20-2)7-13(18)16(14)25-10-15(22)21(3)4/h6-8H,5,10H2,1-4H3,(H,20,23)/b12-6+. The van der Waals surface area contributed by atoms with Crippen LogP contribution in [-0.2, 0) is 9.59 Å². The second-order valence-electron chi connectivity index (χ2n) is 5.09. The number of rotatable bonds is 7. The fourth-order valence-electron chi connectivity index (χ4n) is 1.79. The van der Waals surface area contributed by atoms with Gasteiger partial charge in [-0.05, 0) is 30.7 Å². The number of halogens is 1. The van der Waals surface area contributed by atoms with Crippen molar-refractivity contribution in [2.75, 3.05) is 34.4 Å². The van der Waals surface area contributed by atoms with Crippen LogP contribution < -0.4 is 14.8 Å². The van der Waals surface area contributed by atoms with Crippen LogP contribution >= 0.6 is 11.6 Å². The van der Waals surface area contributed by atoms with Crippen molar-refractivity contribution in [3.05, 3.63) is 28.3 Å². The van der Waals surface area contributed by atoms with Gasteiger partial charge in [0, 0.05) is 21.1 Å². The normalized spacial score (nSPS) is 10.6. The minimum Gasteiger partial charge on any atom is -0.490 e. The van der Waals surface area contributed by atoms with E-state index in [2.05, 4.69) is 5.32 Å². The highest BCUT2D eigenvalue weighted by Gasteiger charge is 2.15. The van der Waals surface area contributed by atoms with Crippen molar-refractivity contribution in [3.63, 3.8) is 0 Å². The Morgan fingerprint density at radius 1 is 1.36 bits per heavy atom. The highest BCUT2D eigenvalue weighted by molar-refractivity contribution is 6.32. The molecule has 1 aromatic carbocycles. The van der Waals surface area contributed by atoms with E-state index >= 15 is 0 Å². The fraction of sp³-hybridized carbons (Fsp3) is 0.353. The van der Waals surface area contributed by atoms with Crippen LogP contribution in [0.25, 0.3) is 6.08 Å². The molecule has 0 aliphatic heterocycles. The van der Waals surface area contributed by atoms with Gasteiger partial charge in [0.15, 0.2) is 18.1 Å². The minimum absolute atomic E-state index is 0.0718. The second kappa shape index (κ2) is 9.55. The Morgan fingerprint density at radius 2 is 2.04 bits per heavy atom. The summed E-state index contributed by atoms with van der Waals surface area (Å²) in [5.41, 5.74) is 0.428. The van der Waals surface area contributed by atoms with Crippen molar-refractivity contribution < 1.29 is 19.1 Å². The minimum atomic E-state index is -0.506. The maximum Gasteiger partial charge on any atom is 0.261 e. The third kappa shape index (κ3) is 5.69. The molecule has 0 saturated heterocycles. The quantitative estimate of drug-likeness (QED) is 0.588. The lowest BCUT2D eigenvalue weighted by Gasteiger charge is -2.16. The topological polar surface area (TPSA) is 91.7 Å². The molecular weight excluding hydrogens is 346 g/mol. The molecule has 0 atom stereocenters. The maximum absolute atomic E-state index is 11.7. The van der Waals surface area contributed by atoms with Gasteiger partial charge in [0.1, 0.15) is 11.6 Å². The number of hydrogen-bond acceptors (Lipinski definition) is 5. The molecule has 0 aromatic heterocycles. The highest BCUT2D eigenvalue weighted by Crippen LogP contribution is 2.37. The zero-order valence-corrected chi connectivity index (χ0v) is 15.3. The van der Waals surface area contributed by atoms with Gasteiger partial charge in [0.2, 0.25) is 0 Å². The van der Waals surface area contributed by atoms with Gasteiger partial charge in [-0.3, -0.25) is 9.59 Å². The Kier molecular flexibility index (Phi) is 7.76. The number of hydrogen-bond donors (Lipinski definition) is 1. The monoisotopic (exact) mass is 365 g/mol. The SMILES string of the molecule is CCOc1cc(/C=C(\C#N)C(=O)NC)cc(Cl)c1OCC(=O)N(C)C. The predicted octanol–water partition coefficient (Wildman–Crippen LogP) is 1.86. The lowest BCUT2D eigenvalue weighted by molar-refractivity contribution is -0.130. The molecule has 0 fully saturated rings. The number of amides is 2. The molecule has 0 saturated carbocycles. The summed E-state index contributed by atoms with van der Waals surface area (Å²) in [7, 11) is 4.67. The fourth-order valence-corrected chi connectivity index (χ4v) is 2.06. The van der Waals surface area contributed by atoms with Crippen LogP contribution in [-0.4, -0.2) is 51.1 Å². The Morgan fingerprint density at radius 3 is 2.56 bits per heavy atom. The van der Waals surface area contributed by atoms with E-state index in [1.165, 1.54) is 24.1 Å². The molecule has 0 aliphatic carbocycles. The number of nitrogens with one attached hydrogen (secondary N) is 1. The number of ether oxygens (including phenoxy) is 2. The zero-order valence-electron chi connectivity index (χ0n) is 14.6. The van der Waals surface area contributed by atoms with Gasteiger partial charge in [-0.2, -0.15) is 5.26 Å². The number of carbonyl (C=O) groups is 2. The van der Waals surface area contributed by atoms with E-state index < -0.39 is 5.91 Å². The van der Waals surface area contributed by atoms with Crippen molar-refractivity contribution >= 4 is 29.5 Å². The highest BCUT2D eigenvalue weighted by atomic mass is 35.5. The van der Waals surface area contributed by atoms with Gasteiger partial charge in [-0.15, -0.1) is 0 Å². The molecule has 0 aliphatic rings. The van der Waals surface area contributed by atoms with E-state index in [1.54, 1.807) is 27.1 Å². The van der Waals surface area contributed by atoms with E-state index in [1.807, 2.05) is 6.07 Å². The van der Waals surface area contributed by atoms with Crippen molar-refractivity contribution in [2.45, 2.75) is 6.92 Å². The summed E-state index contributed by atoms with van der Waals surface area (Å²) in [6.45, 7) is 1.95. The third-order valence-electron chi connectivity index (χ3n) is 3.07. The van der Waals surface area contributed by atoms with Crippen LogP contribution in [0.5, 0.6) is 11.5 Å². The smallest absolute Gasteiger partial charge is 0.261 e. The predicted molar refractivity (Wildman–Crippen MR) is 94.5 cm³/mol. The van der Waals surface area contributed by atoms with Crippen LogP contribution in [0.1, 0.15) is 12.5 Å². The molecule has 2 amide bonds. The average Bonchev–Trinajstić information content (AvgIpc) is 2.58. The Balaban J connectivity index is 3.22. The lowest BCUT2D eigenvalue weighted by atomic mass is 10.1. The molecular formula is C17H20ClN3O4. The Hall–Kier alpha value is -2.72. The molecule has 134 valence electrons. The molecule has 8 heteroatoms. The maximum atomic E-state index is 11.7. The van der Waals surface area contributed by atoms with E-state index in [4.69, 9.17) is 26.3 Å². The van der Waals surface area contributed by atoms with Gasteiger partial charge < -0.3 is 19.7 Å². The zero-order chi connectivity index (χ0) is 19.0. The third-order valence-corrected chi connectivity index (χ3v) is 3.35. The molecule has 0 unspecified atom stereocenters. The number of carbonyl (C=O) groups excluding carboxylic acids is 2. The molecule has 25 heavy (non-hydrogen) atoms.